The number of carbonyl (C=O) groups excluding carboxylic acids is 1. The van der Waals surface area contributed by atoms with Crippen molar-refractivity contribution in [1.82, 2.24) is 4.98 Å². The van der Waals surface area contributed by atoms with Crippen LogP contribution in [0.25, 0.3) is 0 Å². The number of hydrogen-bond acceptors (Lipinski definition) is 8. The molecule has 1 aliphatic heterocycles. The van der Waals surface area contributed by atoms with Gasteiger partial charge in [-0.05, 0) is 24.7 Å². The molecule has 2 fully saturated rings. The molecular weight excluding hydrogens is 330 g/mol. The van der Waals surface area contributed by atoms with Crippen molar-refractivity contribution >= 4 is 22.4 Å². The summed E-state index contributed by atoms with van der Waals surface area (Å²) in [6.45, 7) is 0. The summed E-state index contributed by atoms with van der Waals surface area (Å²) in [5.41, 5.74) is -0.304. The highest BCUT2D eigenvalue weighted by atomic mass is 32.1. The Balaban J connectivity index is 1.52. The molecule has 3 aliphatic rings. The van der Waals surface area contributed by atoms with Gasteiger partial charge in [0, 0.05) is 24.4 Å². The Bertz CT molecular complexity index is 688. The molecule has 0 amide bonds. The van der Waals surface area contributed by atoms with Crippen LogP contribution in [-0.4, -0.2) is 21.8 Å². The Morgan fingerprint density at radius 3 is 2.79 bits per heavy atom. The number of nitrogens with zero attached hydrogens (tertiary/aromatic N) is 3. The van der Waals surface area contributed by atoms with E-state index in [-0.39, 0.29) is 5.70 Å². The fraction of sp³-hybridized carbons (Fsp3) is 0.625. The first-order chi connectivity index (χ1) is 11.7. The van der Waals surface area contributed by atoms with Gasteiger partial charge in [-0.25, -0.2) is 9.78 Å². The Morgan fingerprint density at radius 2 is 2.04 bits per heavy atom. The van der Waals surface area contributed by atoms with Gasteiger partial charge in [-0.3, -0.25) is 0 Å². The lowest BCUT2D eigenvalue weighted by atomic mass is 9.69. The van der Waals surface area contributed by atoms with Gasteiger partial charge in [-0.15, -0.1) is 21.6 Å². The summed E-state index contributed by atoms with van der Waals surface area (Å²) >= 11 is 1.28. The smallest absolute Gasteiger partial charge is 0.369 e. The third-order valence-corrected chi connectivity index (χ3v) is 5.80. The van der Waals surface area contributed by atoms with Crippen molar-refractivity contribution in [3.63, 3.8) is 0 Å². The quantitative estimate of drug-likeness (QED) is 0.637. The number of aromatic nitrogens is 1. The zero-order chi connectivity index (χ0) is 16.6. The minimum absolute atomic E-state index is 0.304. The van der Waals surface area contributed by atoms with E-state index in [1.165, 1.54) is 30.6 Å². The molecule has 1 spiro atoms. The molecule has 2 heterocycles. The number of ether oxygens (including phenoxy) is 2. The summed E-state index contributed by atoms with van der Waals surface area (Å²) in [7, 11) is 0. The van der Waals surface area contributed by atoms with Crippen molar-refractivity contribution in [2.45, 2.75) is 50.7 Å². The Kier molecular flexibility index (Phi) is 3.99. The van der Waals surface area contributed by atoms with Crippen LogP contribution in [0.2, 0.25) is 0 Å². The van der Waals surface area contributed by atoms with Gasteiger partial charge < -0.3 is 14.6 Å². The van der Waals surface area contributed by atoms with E-state index < -0.39 is 17.7 Å². The summed E-state index contributed by atoms with van der Waals surface area (Å²) in [5.74, 6) is -1.05. The first-order valence-electron chi connectivity index (χ1n) is 8.32. The van der Waals surface area contributed by atoms with E-state index in [2.05, 4.69) is 15.2 Å². The number of rotatable bonds is 2. The summed E-state index contributed by atoms with van der Waals surface area (Å²) in [6.07, 6.45) is 8.66. The highest BCUT2D eigenvalue weighted by molar-refractivity contribution is 7.13. The van der Waals surface area contributed by atoms with Crippen molar-refractivity contribution in [3.8, 4) is 0 Å². The standard InChI is InChI=1S/C16H19N3O4S/c20-13-12(18-19-15-17-7-8-24-15)14(21)23-16(22-13)6-5-10-3-1-2-4-11(10)9-16/h7-8,10-11,20H,1-6,9H2. The van der Waals surface area contributed by atoms with Crippen LogP contribution in [0.15, 0.2) is 33.4 Å². The van der Waals surface area contributed by atoms with Crippen molar-refractivity contribution < 1.29 is 19.4 Å². The van der Waals surface area contributed by atoms with E-state index in [1.807, 2.05) is 0 Å². The molecule has 1 aromatic heterocycles. The molecule has 8 heteroatoms. The van der Waals surface area contributed by atoms with Gasteiger partial charge in [0.05, 0.1) is 0 Å². The van der Waals surface area contributed by atoms with E-state index in [0.29, 0.717) is 29.8 Å². The molecule has 3 atom stereocenters. The average Bonchev–Trinajstić information content (AvgIpc) is 3.07. The number of aliphatic hydroxyl groups is 1. The summed E-state index contributed by atoms with van der Waals surface area (Å²) < 4.78 is 11.2. The summed E-state index contributed by atoms with van der Waals surface area (Å²) in [5, 5.41) is 19.9. The molecule has 7 nitrogen and oxygen atoms in total. The number of carbonyl (C=O) groups is 1. The lowest BCUT2D eigenvalue weighted by Gasteiger charge is -2.46. The maximum atomic E-state index is 12.3. The normalized spacial score (nSPS) is 33.4. The lowest BCUT2D eigenvalue weighted by Crippen LogP contribution is -2.48. The SMILES string of the molecule is O=C1OC2(CCC3CCCCC3C2)OC(O)=C1N=Nc1nccs1. The molecule has 3 unspecified atom stereocenters. The third-order valence-electron chi connectivity index (χ3n) is 5.15. The Labute approximate surface area is 143 Å². The maximum Gasteiger partial charge on any atom is 0.369 e. The number of aliphatic hydroxyl groups excluding tert-OH is 1. The van der Waals surface area contributed by atoms with Crippen molar-refractivity contribution in [3.05, 3.63) is 23.2 Å². The van der Waals surface area contributed by atoms with Gasteiger partial charge in [0.15, 0.2) is 0 Å². The molecular formula is C16H19N3O4S. The molecule has 0 aromatic carbocycles. The second-order valence-corrected chi connectivity index (χ2v) is 7.49. The third kappa shape index (κ3) is 2.90. The average molecular weight is 349 g/mol. The summed E-state index contributed by atoms with van der Waals surface area (Å²) in [6, 6.07) is 0. The molecule has 0 saturated heterocycles. The van der Waals surface area contributed by atoms with Crippen LogP contribution in [0.4, 0.5) is 5.13 Å². The van der Waals surface area contributed by atoms with Gasteiger partial charge in [0.1, 0.15) is 0 Å². The molecule has 2 saturated carbocycles. The van der Waals surface area contributed by atoms with Gasteiger partial charge in [0.25, 0.3) is 11.5 Å². The lowest BCUT2D eigenvalue weighted by molar-refractivity contribution is -0.261. The van der Waals surface area contributed by atoms with Crippen LogP contribution in [-0.2, 0) is 14.3 Å². The van der Waals surface area contributed by atoms with Crippen molar-refractivity contribution in [2.24, 2.45) is 22.1 Å². The van der Waals surface area contributed by atoms with Gasteiger partial charge in [-0.1, -0.05) is 19.3 Å². The van der Waals surface area contributed by atoms with E-state index in [4.69, 9.17) is 9.47 Å². The largest absolute Gasteiger partial charge is 0.479 e. The fourth-order valence-corrected chi connectivity index (χ4v) is 4.47. The highest BCUT2D eigenvalue weighted by Gasteiger charge is 2.50. The minimum atomic E-state index is -1.04. The minimum Gasteiger partial charge on any atom is -0.479 e. The van der Waals surface area contributed by atoms with Crippen molar-refractivity contribution in [2.75, 3.05) is 0 Å². The zero-order valence-corrected chi connectivity index (χ0v) is 14.0. The number of azo groups is 1. The molecule has 1 N–H and O–H groups in total. The Hall–Kier alpha value is -1.96. The highest BCUT2D eigenvalue weighted by Crippen LogP contribution is 2.48. The van der Waals surface area contributed by atoms with E-state index in [1.54, 1.807) is 11.6 Å². The maximum absolute atomic E-state index is 12.3. The molecule has 2 aliphatic carbocycles. The van der Waals surface area contributed by atoms with E-state index in [9.17, 15) is 9.90 Å². The van der Waals surface area contributed by atoms with Crippen molar-refractivity contribution in [1.29, 1.82) is 0 Å². The topological polar surface area (TPSA) is 93.4 Å². The summed E-state index contributed by atoms with van der Waals surface area (Å²) in [4.78, 5) is 16.2. The van der Waals surface area contributed by atoms with Crippen LogP contribution < -0.4 is 0 Å². The van der Waals surface area contributed by atoms with E-state index >= 15 is 0 Å². The Morgan fingerprint density at radius 1 is 1.21 bits per heavy atom. The monoisotopic (exact) mass is 349 g/mol. The van der Waals surface area contributed by atoms with Crippen LogP contribution in [0.1, 0.15) is 44.9 Å². The molecule has 1 aromatic rings. The number of thiazole rings is 1. The second-order valence-electron chi connectivity index (χ2n) is 6.62. The predicted molar refractivity (Wildman–Crippen MR) is 85.5 cm³/mol. The molecule has 0 bridgehead atoms. The fourth-order valence-electron chi connectivity index (χ4n) is 4.02. The molecule has 128 valence electrons. The first kappa shape index (κ1) is 15.6. The zero-order valence-electron chi connectivity index (χ0n) is 13.2. The van der Waals surface area contributed by atoms with Crippen LogP contribution in [0, 0.1) is 11.8 Å². The number of hydrogen-bond donors (Lipinski definition) is 1. The number of esters is 1. The molecule has 0 radical (unpaired) electrons. The molecule has 24 heavy (non-hydrogen) atoms. The van der Waals surface area contributed by atoms with E-state index in [0.717, 1.165) is 12.8 Å². The van der Waals surface area contributed by atoms with Gasteiger partial charge >= 0.3 is 11.9 Å². The second kappa shape index (κ2) is 6.16. The van der Waals surface area contributed by atoms with Gasteiger partial charge in [0.2, 0.25) is 5.13 Å². The van der Waals surface area contributed by atoms with Crippen LogP contribution >= 0.6 is 11.3 Å². The predicted octanol–water partition coefficient (Wildman–Crippen LogP) is 4.21. The van der Waals surface area contributed by atoms with Crippen LogP contribution in [0.5, 0.6) is 0 Å². The van der Waals surface area contributed by atoms with Gasteiger partial charge in [-0.2, -0.15) is 0 Å². The number of fused-ring (bicyclic) bond motifs is 1. The first-order valence-corrected chi connectivity index (χ1v) is 9.20. The molecule has 4 rings (SSSR count). The van der Waals surface area contributed by atoms with Crippen LogP contribution in [0.3, 0.4) is 0 Å².